The van der Waals surface area contributed by atoms with Gasteiger partial charge in [0.1, 0.15) is 0 Å². The van der Waals surface area contributed by atoms with E-state index in [0.29, 0.717) is 16.7 Å². The quantitative estimate of drug-likeness (QED) is 0.221. The molecule has 1 fully saturated rings. The van der Waals surface area contributed by atoms with E-state index in [1.54, 1.807) is 73.7 Å². The minimum absolute atomic E-state index is 0.0110. The number of fused-ring (bicyclic) bond motifs is 2. The molecule has 0 unspecified atom stereocenters. The van der Waals surface area contributed by atoms with Crippen molar-refractivity contribution in [1.29, 1.82) is 0 Å². The van der Waals surface area contributed by atoms with E-state index in [2.05, 4.69) is 0 Å². The molecule has 41 heavy (non-hydrogen) atoms. The first kappa shape index (κ1) is 27.8. The molecule has 4 atom stereocenters. The van der Waals surface area contributed by atoms with Crippen LogP contribution < -0.4 is 0 Å². The van der Waals surface area contributed by atoms with Crippen LogP contribution in [-0.4, -0.2) is 44.5 Å². The van der Waals surface area contributed by atoms with Crippen LogP contribution in [0.5, 0.6) is 0 Å². The Morgan fingerprint density at radius 3 is 1.68 bits per heavy atom. The lowest BCUT2D eigenvalue weighted by Gasteiger charge is -2.39. The predicted octanol–water partition coefficient (Wildman–Crippen LogP) is 5.02. The zero-order valence-electron chi connectivity index (χ0n) is 23.0. The summed E-state index contributed by atoms with van der Waals surface area (Å²) in [5, 5.41) is 0. The molecular weight excluding hydrogens is 520 g/mol. The van der Waals surface area contributed by atoms with Crippen LogP contribution in [0.2, 0.25) is 0 Å². The molecule has 0 aromatic heterocycles. The Labute approximate surface area is 238 Å². The van der Waals surface area contributed by atoms with Crippen LogP contribution in [0.15, 0.2) is 97.1 Å². The highest BCUT2D eigenvalue weighted by Gasteiger charge is 2.83. The minimum Gasteiger partial charge on any atom is -0.468 e. The van der Waals surface area contributed by atoms with Gasteiger partial charge in [-0.15, -0.1) is 0 Å². The van der Waals surface area contributed by atoms with Crippen molar-refractivity contribution in [2.45, 2.75) is 6.92 Å². The topological polar surface area (TPSA) is 96.0 Å². The van der Waals surface area contributed by atoms with Crippen molar-refractivity contribution in [2.24, 2.45) is 22.7 Å². The number of carbonyl (C=O) groups excluding carboxylic acids is 4. The number of benzene rings is 3. The maximum Gasteiger partial charge on any atom is 0.324 e. The number of methoxy groups -OCH3 is 2. The van der Waals surface area contributed by atoms with E-state index in [1.165, 1.54) is 14.2 Å². The van der Waals surface area contributed by atoms with Gasteiger partial charge in [-0.3, -0.25) is 19.2 Å². The molecule has 2 aliphatic rings. The van der Waals surface area contributed by atoms with Crippen LogP contribution in [0.4, 0.5) is 0 Å². The van der Waals surface area contributed by atoms with E-state index in [1.807, 2.05) is 36.4 Å². The van der Waals surface area contributed by atoms with E-state index in [0.717, 1.165) is 5.56 Å². The standard InChI is InChI=1S/C34H30O7/c1-4-41-29(35)28-25(21-20-22-14-8-5-9-15-22)33(31(37)39-2)26(23-16-10-6-11-17-23)27(24-18-12-7-13-19-24)34(28,30(33)36)32(38)40-3/h5-21,25,28H,4H2,1-3H3/b21-20+/t25-,28+,33+,34+/m0/s1. The zero-order valence-corrected chi connectivity index (χ0v) is 23.0. The summed E-state index contributed by atoms with van der Waals surface area (Å²) in [6, 6.07) is 27.1. The number of hydrogen-bond donors (Lipinski definition) is 0. The number of esters is 3. The molecule has 0 amide bonds. The van der Waals surface area contributed by atoms with E-state index in [-0.39, 0.29) is 12.2 Å². The number of carbonyl (C=O) groups is 4. The summed E-state index contributed by atoms with van der Waals surface area (Å²) in [5.41, 5.74) is -1.81. The monoisotopic (exact) mass is 550 g/mol. The lowest BCUT2D eigenvalue weighted by molar-refractivity contribution is -0.164. The predicted molar refractivity (Wildman–Crippen MR) is 153 cm³/mol. The van der Waals surface area contributed by atoms with Crippen LogP contribution in [0, 0.1) is 22.7 Å². The zero-order chi connectivity index (χ0) is 29.2. The number of Topliss-reactive ketones (excluding diaryl/α,β-unsaturated/α-hetero) is 1. The van der Waals surface area contributed by atoms with Gasteiger partial charge in [-0.1, -0.05) is 103 Å². The van der Waals surface area contributed by atoms with Crippen LogP contribution in [0.3, 0.4) is 0 Å². The van der Waals surface area contributed by atoms with Crippen molar-refractivity contribution < 1.29 is 33.4 Å². The third kappa shape index (κ3) is 3.95. The Hall–Kier alpha value is -4.78. The van der Waals surface area contributed by atoms with Crippen LogP contribution in [0.25, 0.3) is 17.2 Å². The average Bonchev–Trinajstić information content (AvgIpc) is 3.39. The van der Waals surface area contributed by atoms with Crippen molar-refractivity contribution in [2.75, 3.05) is 20.8 Å². The Morgan fingerprint density at radius 2 is 1.20 bits per heavy atom. The Balaban J connectivity index is 1.97. The fraction of sp³-hybridized carbons (Fsp3) is 0.235. The number of ketones is 1. The third-order valence-electron chi connectivity index (χ3n) is 8.06. The molecule has 3 aromatic rings. The lowest BCUT2D eigenvalue weighted by Crippen LogP contribution is -2.47. The number of ether oxygens (including phenoxy) is 3. The summed E-state index contributed by atoms with van der Waals surface area (Å²) < 4.78 is 16.2. The molecule has 2 aliphatic carbocycles. The molecule has 0 saturated heterocycles. The van der Waals surface area contributed by atoms with Gasteiger partial charge in [-0.05, 0) is 34.8 Å². The van der Waals surface area contributed by atoms with Gasteiger partial charge in [-0.2, -0.15) is 0 Å². The number of allylic oxidation sites excluding steroid dienone is 1. The molecule has 0 spiro atoms. The van der Waals surface area contributed by atoms with Gasteiger partial charge in [0.25, 0.3) is 0 Å². The molecule has 1 saturated carbocycles. The summed E-state index contributed by atoms with van der Waals surface area (Å²) in [4.78, 5) is 57.2. The van der Waals surface area contributed by atoms with Gasteiger partial charge in [0.05, 0.1) is 26.7 Å². The Bertz CT molecular complexity index is 1540. The average molecular weight is 551 g/mol. The molecule has 0 aliphatic heterocycles. The Kier molecular flexibility index (Phi) is 7.45. The summed E-state index contributed by atoms with van der Waals surface area (Å²) in [6.07, 6.45) is 3.40. The van der Waals surface area contributed by atoms with Crippen LogP contribution in [-0.2, 0) is 33.4 Å². The number of rotatable bonds is 8. The molecule has 5 rings (SSSR count). The molecule has 208 valence electrons. The molecule has 0 heterocycles. The molecule has 2 bridgehead atoms. The van der Waals surface area contributed by atoms with Crippen molar-refractivity contribution in [1.82, 2.24) is 0 Å². The second-order valence-corrected chi connectivity index (χ2v) is 9.94. The molecule has 0 radical (unpaired) electrons. The van der Waals surface area contributed by atoms with Crippen LogP contribution >= 0.6 is 0 Å². The summed E-state index contributed by atoms with van der Waals surface area (Å²) in [6.45, 7) is 1.66. The fourth-order valence-electron chi connectivity index (χ4n) is 6.58. The van der Waals surface area contributed by atoms with E-state index in [9.17, 15) is 14.4 Å². The van der Waals surface area contributed by atoms with E-state index in [4.69, 9.17) is 14.2 Å². The third-order valence-corrected chi connectivity index (χ3v) is 8.06. The smallest absolute Gasteiger partial charge is 0.324 e. The normalized spacial score (nSPS) is 24.9. The SMILES string of the molecule is CCOC(=O)[C@H]1[C@H](/C=C/c2ccccc2)[C@]2(C(=O)OC)C(=O)[C@@]1(C(=O)OC)C(c1ccccc1)=C2c1ccccc1. The van der Waals surface area contributed by atoms with Gasteiger partial charge >= 0.3 is 17.9 Å². The second kappa shape index (κ2) is 11.0. The molecule has 3 aromatic carbocycles. The first-order valence-corrected chi connectivity index (χ1v) is 13.4. The van der Waals surface area contributed by atoms with E-state index >= 15 is 4.79 Å². The minimum atomic E-state index is -2.17. The van der Waals surface area contributed by atoms with Crippen molar-refractivity contribution in [3.8, 4) is 0 Å². The largest absolute Gasteiger partial charge is 0.468 e. The molecule has 7 heteroatoms. The van der Waals surface area contributed by atoms with Crippen molar-refractivity contribution in [3.63, 3.8) is 0 Å². The second-order valence-electron chi connectivity index (χ2n) is 9.94. The first-order chi connectivity index (χ1) is 19.9. The highest BCUT2D eigenvalue weighted by molar-refractivity contribution is 6.39. The lowest BCUT2D eigenvalue weighted by atomic mass is 9.60. The number of hydrogen-bond acceptors (Lipinski definition) is 7. The maximum absolute atomic E-state index is 15.0. The molecule has 0 N–H and O–H groups in total. The van der Waals surface area contributed by atoms with Gasteiger partial charge in [0.2, 0.25) is 0 Å². The fourth-order valence-corrected chi connectivity index (χ4v) is 6.58. The van der Waals surface area contributed by atoms with Crippen LogP contribution in [0.1, 0.15) is 23.6 Å². The van der Waals surface area contributed by atoms with Gasteiger partial charge in [0, 0.05) is 5.92 Å². The summed E-state index contributed by atoms with van der Waals surface area (Å²) in [5.74, 6) is -5.86. The van der Waals surface area contributed by atoms with Gasteiger partial charge in [-0.25, -0.2) is 0 Å². The summed E-state index contributed by atoms with van der Waals surface area (Å²) in [7, 11) is 2.37. The highest BCUT2D eigenvalue weighted by Crippen LogP contribution is 2.73. The van der Waals surface area contributed by atoms with Crippen molar-refractivity contribution >= 4 is 40.9 Å². The maximum atomic E-state index is 15.0. The van der Waals surface area contributed by atoms with E-state index < -0.39 is 46.4 Å². The van der Waals surface area contributed by atoms with Crippen molar-refractivity contribution in [3.05, 3.63) is 114 Å². The first-order valence-electron chi connectivity index (χ1n) is 13.4. The highest BCUT2D eigenvalue weighted by atomic mass is 16.5. The Morgan fingerprint density at radius 1 is 0.732 bits per heavy atom. The van der Waals surface area contributed by atoms with Gasteiger partial charge in [0.15, 0.2) is 16.6 Å². The summed E-state index contributed by atoms with van der Waals surface area (Å²) >= 11 is 0. The molecular formula is C34H30O7. The molecule has 7 nitrogen and oxygen atoms in total. The van der Waals surface area contributed by atoms with Gasteiger partial charge < -0.3 is 14.2 Å².